The molecule has 4 nitrogen and oxygen atoms in total. The predicted octanol–water partition coefficient (Wildman–Crippen LogP) is 2.71. The number of ketones is 1. The molecule has 104 valence electrons. The second-order valence-electron chi connectivity index (χ2n) is 3.82. The number of nitrogens with zero attached hydrogens (tertiary/aromatic N) is 2. The Morgan fingerprint density at radius 2 is 2.00 bits per heavy atom. The van der Waals surface area contributed by atoms with E-state index in [1.54, 1.807) is 0 Å². The van der Waals surface area contributed by atoms with Gasteiger partial charge >= 0.3 is 0 Å². The summed E-state index contributed by atoms with van der Waals surface area (Å²) in [4.78, 5) is 23.5. The summed E-state index contributed by atoms with van der Waals surface area (Å²) in [5.41, 5.74) is -1.26. The number of carbonyl (C=O) groups is 1. The average Bonchev–Trinajstić information content (AvgIpc) is 2.42. The SMILES string of the molecule is O=C(Cn1ncc(Cl)c(Cl)c1=O)c1cc(F)ccc1F. The molecule has 0 N–H and O–H groups in total. The summed E-state index contributed by atoms with van der Waals surface area (Å²) in [7, 11) is 0. The minimum absolute atomic E-state index is 0.0581. The van der Waals surface area contributed by atoms with Crippen LogP contribution in [0.1, 0.15) is 10.4 Å². The van der Waals surface area contributed by atoms with E-state index in [2.05, 4.69) is 5.10 Å². The third-order valence-electron chi connectivity index (χ3n) is 2.46. The van der Waals surface area contributed by atoms with Crippen molar-refractivity contribution in [3.8, 4) is 0 Å². The number of halogens is 4. The molecule has 1 aromatic carbocycles. The summed E-state index contributed by atoms with van der Waals surface area (Å²) in [6, 6.07) is 2.46. The van der Waals surface area contributed by atoms with E-state index in [0.717, 1.165) is 29.1 Å². The van der Waals surface area contributed by atoms with Crippen LogP contribution in [0, 0.1) is 11.6 Å². The van der Waals surface area contributed by atoms with Crippen LogP contribution in [-0.4, -0.2) is 15.6 Å². The Morgan fingerprint density at radius 1 is 1.30 bits per heavy atom. The van der Waals surface area contributed by atoms with Crippen LogP contribution >= 0.6 is 23.2 Å². The molecule has 2 aromatic rings. The lowest BCUT2D eigenvalue weighted by atomic mass is 10.1. The van der Waals surface area contributed by atoms with Crippen LogP contribution in [0.3, 0.4) is 0 Å². The highest BCUT2D eigenvalue weighted by Gasteiger charge is 2.16. The van der Waals surface area contributed by atoms with E-state index < -0.39 is 35.1 Å². The molecule has 0 saturated heterocycles. The van der Waals surface area contributed by atoms with E-state index >= 15 is 0 Å². The molecular weight excluding hydrogens is 313 g/mol. The van der Waals surface area contributed by atoms with Gasteiger partial charge in [0.15, 0.2) is 5.78 Å². The first-order valence-corrected chi connectivity index (χ1v) is 6.05. The molecule has 0 unspecified atom stereocenters. The summed E-state index contributed by atoms with van der Waals surface area (Å²) in [6.45, 7) is -0.573. The smallest absolute Gasteiger partial charge is 0.287 e. The normalized spacial score (nSPS) is 10.6. The maximum atomic E-state index is 13.4. The molecule has 1 aromatic heterocycles. The molecule has 0 bridgehead atoms. The van der Waals surface area contributed by atoms with Crippen LogP contribution in [0.5, 0.6) is 0 Å². The number of Topliss-reactive ketones (excluding diaryl/α,β-unsaturated/α-hetero) is 1. The van der Waals surface area contributed by atoms with Crippen LogP contribution in [0.25, 0.3) is 0 Å². The average molecular weight is 319 g/mol. The van der Waals surface area contributed by atoms with Gasteiger partial charge in [0.1, 0.15) is 23.2 Å². The summed E-state index contributed by atoms with van der Waals surface area (Å²) < 4.78 is 27.1. The van der Waals surface area contributed by atoms with Gasteiger partial charge in [-0.15, -0.1) is 0 Å². The predicted molar refractivity (Wildman–Crippen MR) is 69.2 cm³/mol. The standard InChI is InChI=1S/C12H6Cl2F2N2O2/c13-8-4-17-18(12(20)11(8)14)5-10(19)7-3-6(15)1-2-9(7)16/h1-4H,5H2. The summed E-state index contributed by atoms with van der Waals surface area (Å²) >= 11 is 11.2. The van der Waals surface area contributed by atoms with E-state index in [4.69, 9.17) is 23.2 Å². The van der Waals surface area contributed by atoms with E-state index in [1.807, 2.05) is 0 Å². The summed E-state index contributed by atoms with van der Waals surface area (Å²) in [5, 5.41) is 3.25. The number of hydrogen-bond donors (Lipinski definition) is 0. The van der Waals surface area contributed by atoms with Crippen molar-refractivity contribution in [2.75, 3.05) is 0 Å². The van der Waals surface area contributed by atoms with Crippen molar-refractivity contribution < 1.29 is 13.6 Å². The molecule has 0 spiro atoms. The first-order chi connectivity index (χ1) is 9.40. The van der Waals surface area contributed by atoms with Crippen molar-refractivity contribution in [3.63, 3.8) is 0 Å². The van der Waals surface area contributed by atoms with Gasteiger partial charge in [-0.2, -0.15) is 5.10 Å². The Kier molecular flexibility index (Phi) is 4.15. The Morgan fingerprint density at radius 3 is 2.70 bits per heavy atom. The molecule has 20 heavy (non-hydrogen) atoms. The van der Waals surface area contributed by atoms with Gasteiger partial charge in [-0.1, -0.05) is 23.2 Å². The lowest BCUT2D eigenvalue weighted by molar-refractivity contribution is 0.0961. The Bertz CT molecular complexity index is 747. The number of benzene rings is 1. The zero-order chi connectivity index (χ0) is 14.9. The summed E-state index contributed by atoms with van der Waals surface area (Å²) in [5.74, 6) is -2.45. The molecule has 0 radical (unpaired) electrons. The van der Waals surface area contributed by atoms with Gasteiger partial charge in [0.2, 0.25) is 0 Å². The first kappa shape index (κ1) is 14.6. The summed E-state index contributed by atoms with van der Waals surface area (Å²) in [6.07, 6.45) is 1.08. The van der Waals surface area contributed by atoms with Crippen LogP contribution in [0.15, 0.2) is 29.2 Å². The first-order valence-electron chi connectivity index (χ1n) is 5.29. The molecule has 1 heterocycles. The van der Waals surface area contributed by atoms with Crippen LogP contribution in [0.4, 0.5) is 8.78 Å². The zero-order valence-corrected chi connectivity index (χ0v) is 11.3. The van der Waals surface area contributed by atoms with Crippen molar-refractivity contribution in [3.05, 3.63) is 62.0 Å². The van der Waals surface area contributed by atoms with Gasteiger partial charge in [0.25, 0.3) is 5.56 Å². The maximum Gasteiger partial charge on any atom is 0.287 e. The molecular formula is C12H6Cl2F2N2O2. The van der Waals surface area contributed by atoms with Crippen molar-refractivity contribution in [2.45, 2.75) is 6.54 Å². The third-order valence-corrected chi connectivity index (χ3v) is 3.21. The van der Waals surface area contributed by atoms with E-state index in [9.17, 15) is 18.4 Å². The van der Waals surface area contributed by atoms with E-state index in [-0.39, 0.29) is 10.0 Å². The van der Waals surface area contributed by atoms with Crippen molar-refractivity contribution in [1.82, 2.24) is 9.78 Å². The Labute approximate surface area is 121 Å². The van der Waals surface area contributed by atoms with Gasteiger partial charge < -0.3 is 0 Å². The van der Waals surface area contributed by atoms with Gasteiger partial charge in [-0.3, -0.25) is 9.59 Å². The van der Waals surface area contributed by atoms with Gasteiger partial charge in [0.05, 0.1) is 16.8 Å². The van der Waals surface area contributed by atoms with E-state index in [1.165, 1.54) is 0 Å². The fourth-order valence-corrected chi connectivity index (χ4v) is 1.76. The molecule has 0 atom stereocenters. The largest absolute Gasteiger partial charge is 0.292 e. The molecule has 0 aliphatic heterocycles. The third kappa shape index (κ3) is 2.86. The van der Waals surface area contributed by atoms with Gasteiger partial charge in [-0.05, 0) is 18.2 Å². The molecule has 0 amide bonds. The quantitative estimate of drug-likeness (QED) is 0.818. The van der Waals surface area contributed by atoms with Crippen LogP contribution in [-0.2, 0) is 6.54 Å². The van der Waals surface area contributed by atoms with Crippen LogP contribution in [0.2, 0.25) is 10.0 Å². The number of aromatic nitrogens is 2. The van der Waals surface area contributed by atoms with E-state index in [0.29, 0.717) is 0 Å². The molecule has 0 aliphatic rings. The highest BCUT2D eigenvalue weighted by atomic mass is 35.5. The molecule has 0 aliphatic carbocycles. The minimum Gasteiger partial charge on any atom is -0.292 e. The monoisotopic (exact) mass is 318 g/mol. The maximum absolute atomic E-state index is 13.4. The van der Waals surface area contributed by atoms with Crippen LogP contribution < -0.4 is 5.56 Å². The van der Waals surface area contributed by atoms with Gasteiger partial charge in [-0.25, -0.2) is 13.5 Å². The fraction of sp³-hybridized carbons (Fsp3) is 0.0833. The molecule has 2 rings (SSSR count). The second-order valence-corrected chi connectivity index (χ2v) is 4.60. The lowest BCUT2D eigenvalue weighted by Crippen LogP contribution is -2.27. The highest BCUT2D eigenvalue weighted by molar-refractivity contribution is 6.41. The fourth-order valence-electron chi connectivity index (χ4n) is 1.49. The van der Waals surface area contributed by atoms with Crippen molar-refractivity contribution in [1.29, 1.82) is 0 Å². The minimum atomic E-state index is -0.885. The molecule has 0 fully saturated rings. The number of rotatable bonds is 3. The van der Waals surface area contributed by atoms with Crippen molar-refractivity contribution >= 4 is 29.0 Å². The topological polar surface area (TPSA) is 52.0 Å². The van der Waals surface area contributed by atoms with Crippen molar-refractivity contribution in [2.24, 2.45) is 0 Å². The second kappa shape index (κ2) is 5.68. The lowest BCUT2D eigenvalue weighted by Gasteiger charge is -2.06. The van der Waals surface area contributed by atoms with Gasteiger partial charge in [0, 0.05) is 0 Å². The molecule has 0 saturated carbocycles. The zero-order valence-electron chi connectivity index (χ0n) is 9.74. The molecule has 8 heteroatoms. The highest BCUT2D eigenvalue weighted by Crippen LogP contribution is 2.15. The number of carbonyl (C=O) groups excluding carboxylic acids is 1. The number of hydrogen-bond acceptors (Lipinski definition) is 3. The Balaban J connectivity index is 2.35. The Hall–Kier alpha value is -1.79.